The van der Waals surface area contributed by atoms with E-state index in [4.69, 9.17) is 56.5 Å². The lowest BCUT2D eigenvalue weighted by Gasteiger charge is -2.51. The highest BCUT2D eigenvalue weighted by molar-refractivity contribution is 6.84. The molecule has 30 heteroatoms. The van der Waals surface area contributed by atoms with Crippen molar-refractivity contribution in [3.05, 3.63) is 17.8 Å². The Morgan fingerprint density at radius 1 is 0.584 bits per heavy atom. The highest BCUT2D eigenvalue weighted by Gasteiger charge is 2.67. The number of nitrogens with zero attached hydrogens (tertiary/aromatic N) is 8. The lowest BCUT2D eigenvalue weighted by atomic mass is 9.98. The molecule has 0 unspecified atom stereocenters. The molecule has 0 radical (unpaired) electrons. The van der Waals surface area contributed by atoms with Crippen LogP contribution in [0.1, 0.15) is 189 Å². The smallest absolute Gasteiger partial charge is 0.414 e. The number of hydrogen-bond acceptors (Lipinski definition) is 19. The lowest BCUT2D eigenvalue weighted by Crippen LogP contribution is -2.66. The molecule has 2 amide bonds. The summed E-state index contributed by atoms with van der Waals surface area (Å²) in [5.41, 5.74) is -2.19. The minimum absolute atomic E-state index is 0.00217. The van der Waals surface area contributed by atoms with Crippen molar-refractivity contribution >= 4 is 98.1 Å². The van der Waals surface area contributed by atoms with E-state index in [1.165, 1.54) is 31.1 Å². The van der Waals surface area contributed by atoms with Crippen LogP contribution in [-0.4, -0.2) is 155 Å². The SMILES string of the molecule is CCCCCOC(=O)Nc1nc(Cl)c2ncn([C@@H]3O[C@@H]4CO[Si](C(C)C)(C(C)C)O[Si](C(C)C)(C(C)C)O[C@H]4[C@@]3(C)F)c2n1.CCCCCOC(=O)Nc1nc(NC)c2ncn([C@@H]3O[C@@H]4CO[Si](C(C)C)(C(C)C)O[Si](C(C)C)(C(C)C)O[C@H]4[C@@]3(C)F)c2n1. The molecule has 4 aromatic rings. The summed E-state index contributed by atoms with van der Waals surface area (Å²) in [6.45, 7) is 41.9. The number of unbranched alkanes of at least 4 members (excludes halogenated alkanes) is 4. The van der Waals surface area contributed by atoms with Gasteiger partial charge >= 0.3 is 46.4 Å². The highest BCUT2D eigenvalue weighted by Crippen LogP contribution is 2.54. The summed E-state index contributed by atoms with van der Waals surface area (Å²) in [5, 5.41) is 8.11. The summed E-state index contributed by atoms with van der Waals surface area (Å²) in [5.74, 6) is 0.286. The van der Waals surface area contributed by atoms with Gasteiger partial charge in [-0.15, -0.1) is 0 Å². The molecule has 23 nitrogen and oxygen atoms in total. The molecule has 4 fully saturated rings. The molecular weight excluding hydrogens is 1240 g/mol. The van der Waals surface area contributed by atoms with E-state index in [0.29, 0.717) is 23.6 Å². The number of carbonyl (C=O) groups is 2. The number of halogens is 3. The molecule has 4 saturated heterocycles. The maximum absolute atomic E-state index is 17.4. The zero-order valence-corrected chi connectivity index (χ0v) is 61.2. The standard InChI is InChI=1S/C30H53FN6O6Si2.C29H49ClFN5O6Si2/c1-12-13-14-15-39-29(38)36-28-34-25(32-11)23-26(35-28)37(17-33-23)27-30(10,31)24-22(41-27)16-40-44(18(2)3,19(4)5)43-45(42-24,20(6)7)21(8)9;1-11-12-13-14-38-28(37)35-27-33-24(30)22-25(34-27)36(16-32-22)26-29(10,31)23-21(40-26)15-39-43(17(2)3,18(4)5)42-44(41-23,19(6)7)20(8)9/h17-22,24,27H,12-16H2,1-11H3,(H2,32,34,35,36,38);16-21,23,26H,11-15H2,1-10H3,(H,33,34,35,37)/t22-,24-,27-,30-;21-,23-,26-,29-/m11/s1. The van der Waals surface area contributed by atoms with E-state index >= 15 is 8.78 Å². The van der Waals surface area contributed by atoms with Gasteiger partial charge in [-0.1, -0.05) is 162 Å². The molecule has 0 spiro atoms. The molecule has 8 atom stereocenters. The van der Waals surface area contributed by atoms with Gasteiger partial charge in [0.15, 0.2) is 51.6 Å². The van der Waals surface area contributed by atoms with Crippen LogP contribution in [0, 0.1) is 0 Å². The monoisotopic (exact) mass is 1340 g/mol. The topological polar surface area (TPSA) is 250 Å². The van der Waals surface area contributed by atoms with E-state index in [2.05, 4.69) is 170 Å². The van der Waals surface area contributed by atoms with Crippen LogP contribution >= 0.6 is 11.6 Å². The molecule has 89 heavy (non-hydrogen) atoms. The van der Waals surface area contributed by atoms with Gasteiger partial charge in [0.05, 0.1) is 39.1 Å². The van der Waals surface area contributed by atoms with Crippen LogP contribution in [0.2, 0.25) is 49.5 Å². The molecule has 502 valence electrons. The minimum atomic E-state index is -3.09. The Kier molecular flexibility index (Phi) is 23.8. The molecular formula is C59H102ClF2N11O12Si4. The first kappa shape index (κ1) is 72.6. The van der Waals surface area contributed by atoms with Gasteiger partial charge in [0.1, 0.15) is 29.9 Å². The van der Waals surface area contributed by atoms with E-state index in [9.17, 15) is 9.59 Å². The minimum Gasteiger partial charge on any atom is -0.449 e. The number of anilines is 3. The zero-order valence-electron chi connectivity index (χ0n) is 56.4. The first-order chi connectivity index (χ1) is 41.7. The van der Waals surface area contributed by atoms with Crippen LogP contribution in [0.4, 0.5) is 36.1 Å². The van der Waals surface area contributed by atoms with Crippen molar-refractivity contribution in [2.75, 3.05) is 49.4 Å². The quantitative estimate of drug-likeness (QED) is 0.0398. The maximum atomic E-state index is 17.4. The fourth-order valence-electron chi connectivity index (χ4n) is 13.0. The highest BCUT2D eigenvalue weighted by atomic mass is 35.5. The number of alkyl halides is 2. The Hall–Kier alpha value is -3.86. The summed E-state index contributed by atoms with van der Waals surface area (Å²) in [6.07, 6.45) is 1.33. The largest absolute Gasteiger partial charge is 0.449 e. The number of hydrogen-bond donors (Lipinski definition) is 3. The van der Waals surface area contributed by atoms with Gasteiger partial charge in [-0.05, 0) is 71.0 Å². The summed E-state index contributed by atoms with van der Waals surface area (Å²) >= 11 is 6.44. The molecule has 0 aliphatic carbocycles. The van der Waals surface area contributed by atoms with Gasteiger partial charge < -0.3 is 50.2 Å². The van der Waals surface area contributed by atoms with Gasteiger partial charge in [-0.3, -0.25) is 19.8 Å². The third-order valence-corrected chi connectivity index (χ3v) is 38.7. The van der Waals surface area contributed by atoms with Crippen LogP contribution in [0.5, 0.6) is 0 Å². The molecule has 4 aromatic heterocycles. The van der Waals surface area contributed by atoms with Crippen molar-refractivity contribution in [3.63, 3.8) is 0 Å². The summed E-state index contributed by atoms with van der Waals surface area (Å²) < 4.78 is 103. The van der Waals surface area contributed by atoms with Crippen molar-refractivity contribution in [3.8, 4) is 0 Å². The first-order valence-electron chi connectivity index (χ1n) is 32.2. The van der Waals surface area contributed by atoms with E-state index in [1.807, 2.05) is 0 Å². The number of amides is 2. The Morgan fingerprint density at radius 2 is 0.944 bits per heavy atom. The lowest BCUT2D eigenvalue weighted by molar-refractivity contribution is -0.0594. The molecule has 8 heterocycles. The van der Waals surface area contributed by atoms with Crippen LogP contribution in [0.3, 0.4) is 0 Å². The van der Waals surface area contributed by atoms with Gasteiger partial charge in [-0.2, -0.15) is 19.9 Å². The second kappa shape index (κ2) is 29.2. The summed E-state index contributed by atoms with van der Waals surface area (Å²) in [4.78, 5) is 51.3. The molecule has 0 bridgehead atoms. The number of carbonyl (C=O) groups excluding carboxylic acids is 2. The van der Waals surface area contributed by atoms with Crippen molar-refractivity contribution in [1.82, 2.24) is 39.0 Å². The van der Waals surface area contributed by atoms with Crippen molar-refractivity contribution < 1.29 is 63.3 Å². The molecule has 4 aliphatic rings. The van der Waals surface area contributed by atoms with Gasteiger partial charge in [-0.25, -0.2) is 28.3 Å². The van der Waals surface area contributed by atoms with Gasteiger partial charge in [0.25, 0.3) is 0 Å². The maximum Gasteiger partial charge on any atom is 0.414 e. The Labute approximate surface area is 534 Å². The molecule has 3 N–H and O–H groups in total. The Bertz CT molecular complexity index is 3000. The average Bonchev–Trinajstić information content (AvgIpc) is 1.69. The van der Waals surface area contributed by atoms with E-state index in [0.717, 1.165) is 38.5 Å². The second-order valence-electron chi connectivity index (χ2n) is 27.0. The summed E-state index contributed by atoms with van der Waals surface area (Å²) in [6, 6.07) is 0. The van der Waals surface area contributed by atoms with Gasteiger partial charge in [0, 0.05) is 7.05 Å². The normalized spacial score (nSPS) is 26.6. The van der Waals surface area contributed by atoms with Crippen LogP contribution < -0.4 is 16.0 Å². The van der Waals surface area contributed by atoms with Crippen molar-refractivity contribution in [2.24, 2.45) is 0 Å². The number of fused-ring (bicyclic) bond motifs is 4. The predicted octanol–water partition coefficient (Wildman–Crippen LogP) is 15.0. The Balaban J connectivity index is 0.000000254. The number of nitrogens with one attached hydrogen (secondary N) is 3. The number of aromatic nitrogens is 8. The van der Waals surface area contributed by atoms with E-state index in [1.54, 1.807) is 11.6 Å². The predicted molar refractivity (Wildman–Crippen MR) is 349 cm³/mol. The number of imidazole rings is 2. The molecule has 0 aromatic carbocycles. The fourth-order valence-corrected chi connectivity index (χ4v) is 35.8. The average molecular weight is 1340 g/mol. The summed E-state index contributed by atoms with van der Waals surface area (Å²) in [7, 11) is -10.2. The second-order valence-corrected chi connectivity index (χ2v) is 45.0. The van der Waals surface area contributed by atoms with Crippen LogP contribution in [0.25, 0.3) is 22.3 Å². The van der Waals surface area contributed by atoms with Crippen LogP contribution in [0.15, 0.2) is 12.7 Å². The first-order valence-corrected chi connectivity index (χ1v) is 40.4. The fraction of sp³-hybridized carbons (Fsp3) is 0.797. The van der Waals surface area contributed by atoms with E-state index in [-0.39, 0.29) is 92.4 Å². The van der Waals surface area contributed by atoms with Crippen molar-refractivity contribution in [1.29, 1.82) is 0 Å². The molecule has 0 saturated carbocycles. The molecule has 8 rings (SSSR count). The third kappa shape index (κ3) is 14.5. The van der Waals surface area contributed by atoms with Crippen LogP contribution in [-0.2, 0) is 44.9 Å². The Morgan fingerprint density at radius 3 is 1.30 bits per heavy atom. The number of rotatable bonds is 21. The van der Waals surface area contributed by atoms with Gasteiger partial charge in [0.2, 0.25) is 11.9 Å². The van der Waals surface area contributed by atoms with Crippen molar-refractivity contribution in [2.45, 2.75) is 270 Å². The number of ether oxygens (including phenoxy) is 4. The molecule has 4 aliphatic heterocycles. The van der Waals surface area contributed by atoms with E-state index < -0.39 is 94.6 Å². The third-order valence-electron chi connectivity index (χ3n) is 17.9. The zero-order chi connectivity index (χ0) is 65.9.